The van der Waals surface area contributed by atoms with Crippen LogP contribution in [0.25, 0.3) is 6.08 Å². The Bertz CT molecular complexity index is 582. The second kappa shape index (κ2) is 6.12. The highest BCUT2D eigenvalue weighted by Gasteiger charge is 2.29. The summed E-state index contributed by atoms with van der Waals surface area (Å²) in [7, 11) is 0. The first-order valence-electron chi connectivity index (χ1n) is 7.19. The Morgan fingerprint density at radius 3 is 2.38 bits per heavy atom. The van der Waals surface area contributed by atoms with E-state index < -0.39 is 5.97 Å². The van der Waals surface area contributed by atoms with Crippen LogP contribution in [0.2, 0.25) is 0 Å². The Morgan fingerprint density at radius 1 is 1.19 bits per heavy atom. The number of carbonyl (C=O) groups is 2. The summed E-state index contributed by atoms with van der Waals surface area (Å²) in [6.07, 6.45) is 2.60. The third kappa shape index (κ3) is 3.72. The van der Waals surface area contributed by atoms with Crippen molar-refractivity contribution in [3.63, 3.8) is 0 Å². The van der Waals surface area contributed by atoms with Crippen molar-refractivity contribution in [3.8, 4) is 0 Å². The molecule has 4 nitrogen and oxygen atoms in total. The van der Waals surface area contributed by atoms with Crippen LogP contribution in [-0.4, -0.2) is 35.0 Å². The highest BCUT2D eigenvalue weighted by Crippen LogP contribution is 2.24. The summed E-state index contributed by atoms with van der Waals surface area (Å²) >= 11 is 0. The van der Waals surface area contributed by atoms with Crippen molar-refractivity contribution in [1.29, 1.82) is 0 Å². The predicted molar refractivity (Wildman–Crippen MR) is 82.1 cm³/mol. The zero-order chi connectivity index (χ0) is 15.6. The van der Waals surface area contributed by atoms with Gasteiger partial charge in [0.15, 0.2) is 0 Å². The first-order chi connectivity index (χ1) is 9.86. The first kappa shape index (κ1) is 15.3. The second-order valence-corrected chi connectivity index (χ2v) is 5.97. The number of hydrogen-bond acceptors (Lipinski definition) is 2. The van der Waals surface area contributed by atoms with Crippen LogP contribution in [0.3, 0.4) is 0 Å². The van der Waals surface area contributed by atoms with Crippen molar-refractivity contribution in [2.45, 2.75) is 20.8 Å². The summed E-state index contributed by atoms with van der Waals surface area (Å²) in [5.74, 6) is 0.0710. The van der Waals surface area contributed by atoms with E-state index in [0.717, 1.165) is 30.3 Å². The molecule has 0 saturated carbocycles. The van der Waals surface area contributed by atoms with Gasteiger partial charge in [-0.25, -0.2) is 4.79 Å². The third-order valence-corrected chi connectivity index (χ3v) is 4.04. The summed E-state index contributed by atoms with van der Waals surface area (Å²) in [5.41, 5.74) is 2.31. The van der Waals surface area contributed by atoms with Crippen molar-refractivity contribution >= 4 is 18.0 Å². The Hall–Kier alpha value is -2.10. The van der Waals surface area contributed by atoms with Gasteiger partial charge in [0.1, 0.15) is 0 Å². The van der Waals surface area contributed by atoms with Crippen molar-refractivity contribution in [1.82, 2.24) is 4.90 Å². The molecule has 2 atom stereocenters. The third-order valence-electron chi connectivity index (χ3n) is 4.04. The molecule has 4 heteroatoms. The highest BCUT2D eigenvalue weighted by atomic mass is 16.4. The molecule has 0 spiro atoms. The number of carboxylic acid groups (broad SMARTS) is 1. The molecular formula is C17H21NO3. The number of nitrogens with zero attached hydrogens (tertiary/aromatic N) is 1. The van der Waals surface area contributed by atoms with Crippen LogP contribution in [0, 0.1) is 18.8 Å². The lowest BCUT2D eigenvalue weighted by Crippen LogP contribution is -2.28. The number of likely N-dealkylation sites (tertiary alicyclic amines) is 1. The zero-order valence-corrected chi connectivity index (χ0v) is 12.7. The lowest BCUT2D eigenvalue weighted by atomic mass is 10.0. The van der Waals surface area contributed by atoms with Gasteiger partial charge in [-0.1, -0.05) is 19.9 Å². The van der Waals surface area contributed by atoms with Gasteiger partial charge in [-0.3, -0.25) is 4.79 Å². The number of rotatable bonds is 3. The van der Waals surface area contributed by atoms with Crippen molar-refractivity contribution < 1.29 is 14.7 Å². The second-order valence-electron chi connectivity index (χ2n) is 5.97. The molecule has 0 radical (unpaired) electrons. The van der Waals surface area contributed by atoms with Crippen LogP contribution in [0.1, 0.15) is 35.3 Å². The van der Waals surface area contributed by atoms with Gasteiger partial charge in [-0.05, 0) is 48.1 Å². The van der Waals surface area contributed by atoms with Crippen LogP contribution < -0.4 is 0 Å². The lowest BCUT2D eigenvalue weighted by Gasteiger charge is -2.16. The number of amides is 1. The minimum absolute atomic E-state index is 0.0277. The van der Waals surface area contributed by atoms with Gasteiger partial charge >= 0.3 is 5.97 Å². The molecule has 1 amide bonds. The SMILES string of the molecule is Cc1cc(/C=C/C(=O)O)cc(C(=O)N2CC(C)C(C)C2)c1. The summed E-state index contributed by atoms with van der Waals surface area (Å²) in [6, 6.07) is 5.47. The van der Waals surface area contributed by atoms with Crippen LogP contribution in [0.4, 0.5) is 0 Å². The molecule has 112 valence electrons. The minimum Gasteiger partial charge on any atom is -0.478 e. The van der Waals surface area contributed by atoms with E-state index in [1.54, 1.807) is 6.07 Å². The number of benzene rings is 1. The molecule has 1 saturated heterocycles. The van der Waals surface area contributed by atoms with E-state index in [9.17, 15) is 9.59 Å². The maximum Gasteiger partial charge on any atom is 0.328 e. The lowest BCUT2D eigenvalue weighted by molar-refractivity contribution is -0.131. The molecule has 1 aliphatic heterocycles. The molecule has 2 rings (SSSR count). The molecule has 1 aliphatic rings. The smallest absolute Gasteiger partial charge is 0.328 e. The molecule has 0 bridgehead atoms. The first-order valence-corrected chi connectivity index (χ1v) is 7.19. The van der Waals surface area contributed by atoms with Gasteiger partial charge < -0.3 is 10.0 Å². The monoisotopic (exact) mass is 287 g/mol. The van der Waals surface area contributed by atoms with Gasteiger partial charge in [0.2, 0.25) is 0 Å². The fraction of sp³-hybridized carbons (Fsp3) is 0.412. The quantitative estimate of drug-likeness (QED) is 0.870. The Labute approximate surface area is 125 Å². The number of hydrogen-bond donors (Lipinski definition) is 1. The van der Waals surface area contributed by atoms with Gasteiger partial charge in [-0.15, -0.1) is 0 Å². The van der Waals surface area contributed by atoms with E-state index in [-0.39, 0.29) is 5.91 Å². The maximum absolute atomic E-state index is 12.6. The molecular weight excluding hydrogens is 266 g/mol. The van der Waals surface area contributed by atoms with Crippen LogP contribution >= 0.6 is 0 Å². The minimum atomic E-state index is -0.994. The van der Waals surface area contributed by atoms with Gasteiger partial charge in [0.25, 0.3) is 5.91 Å². The van der Waals surface area contributed by atoms with Gasteiger partial charge in [0, 0.05) is 24.7 Å². The molecule has 2 unspecified atom stereocenters. The van der Waals surface area contributed by atoms with E-state index in [1.807, 2.05) is 24.0 Å². The highest BCUT2D eigenvalue weighted by molar-refractivity contribution is 5.95. The number of aryl methyl sites for hydroxylation is 1. The molecule has 21 heavy (non-hydrogen) atoms. The molecule has 1 N–H and O–H groups in total. The van der Waals surface area contributed by atoms with Crippen molar-refractivity contribution in [2.24, 2.45) is 11.8 Å². The standard InChI is InChI=1S/C17H21NO3/c1-11-6-14(4-5-16(19)20)8-15(7-11)17(21)18-9-12(2)13(3)10-18/h4-8,12-13H,9-10H2,1-3H3,(H,19,20)/b5-4+. The molecule has 0 aromatic heterocycles. The van der Waals surface area contributed by atoms with Crippen LogP contribution in [0.5, 0.6) is 0 Å². The fourth-order valence-electron chi connectivity index (χ4n) is 2.68. The van der Waals surface area contributed by atoms with Crippen molar-refractivity contribution in [2.75, 3.05) is 13.1 Å². The van der Waals surface area contributed by atoms with Gasteiger partial charge in [-0.2, -0.15) is 0 Å². The number of aliphatic carboxylic acids is 1. The average Bonchev–Trinajstić information content (AvgIpc) is 2.75. The number of carbonyl (C=O) groups excluding carboxylic acids is 1. The topological polar surface area (TPSA) is 57.6 Å². The molecule has 1 fully saturated rings. The van der Waals surface area contributed by atoms with E-state index in [0.29, 0.717) is 17.4 Å². The number of carboxylic acids is 1. The van der Waals surface area contributed by atoms with E-state index >= 15 is 0 Å². The predicted octanol–water partition coefficient (Wildman–Crippen LogP) is 2.82. The molecule has 1 aromatic carbocycles. The summed E-state index contributed by atoms with van der Waals surface area (Å²) in [4.78, 5) is 25.0. The van der Waals surface area contributed by atoms with Crippen LogP contribution in [-0.2, 0) is 4.79 Å². The summed E-state index contributed by atoms with van der Waals surface area (Å²) < 4.78 is 0. The Balaban J connectivity index is 2.23. The Kier molecular flexibility index (Phi) is 4.46. The molecule has 1 aromatic rings. The molecule has 0 aliphatic carbocycles. The fourth-order valence-corrected chi connectivity index (χ4v) is 2.68. The Morgan fingerprint density at radius 2 is 1.81 bits per heavy atom. The largest absolute Gasteiger partial charge is 0.478 e. The van der Waals surface area contributed by atoms with Gasteiger partial charge in [0.05, 0.1) is 0 Å². The van der Waals surface area contributed by atoms with E-state index in [4.69, 9.17) is 5.11 Å². The van der Waals surface area contributed by atoms with Crippen molar-refractivity contribution in [3.05, 3.63) is 41.0 Å². The van der Waals surface area contributed by atoms with E-state index in [2.05, 4.69) is 13.8 Å². The van der Waals surface area contributed by atoms with Crippen LogP contribution in [0.15, 0.2) is 24.3 Å². The summed E-state index contributed by atoms with van der Waals surface area (Å²) in [6.45, 7) is 7.80. The average molecular weight is 287 g/mol. The molecule has 1 heterocycles. The summed E-state index contributed by atoms with van der Waals surface area (Å²) in [5, 5.41) is 8.69. The normalized spacial score (nSPS) is 22.0. The van der Waals surface area contributed by atoms with E-state index in [1.165, 1.54) is 6.08 Å². The maximum atomic E-state index is 12.6. The zero-order valence-electron chi connectivity index (χ0n) is 12.7.